The molecule has 1 aromatic carbocycles. The predicted octanol–water partition coefficient (Wildman–Crippen LogP) is 3.38. The van der Waals surface area contributed by atoms with Crippen LogP contribution in [0.5, 0.6) is 0 Å². The van der Waals surface area contributed by atoms with E-state index in [1.807, 2.05) is 26.1 Å². The van der Waals surface area contributed by atoms with Crippen molar-refractivity contribution < 1.29 is 0 Å². The van der Waals surface area contributed by atoms with Crippen LogP contribution in [0, 0.1) is 6.92 Å². The number of likely N-dealkylation sites (N-methyl/N-ethyl adjacent to an activating group) is 1. The molecule has 1 aromatic heterocycles. The van der Waals surface area contributed by atoms with Crippen LogP contribution in [-0.2, 0) is 0 Å². The second kappa shape index (κ2) is 4.68. The van der Waals surface area contributed by atoms with Crippen molar-refractivity contribution in [1.82, 2.24) is 10.3 Å². The summed E-state index contributed by atoms with van der Waals surface area (Å²) in [5, 5.41) is 4.46. The Morgan fingerprint density at radius 1 is 1.35 bits per heavy atom. The number of fused-ring (bicyclic) bond motifs is 1. The zero-order chi connectivity index (χ0) is 12.4. The molecular weight excluding hydrogens is 208 g/mol. The quantitative estimate of drug-likeness (QED) is 0.811. The number of benzene rings is 1. The lowest BCUT2D eigenvalue weighted by atomic mass is 10.0. The molecule has 0 saturated heterocycles. The number of aromatic nitrogens is 1. The Labute approximate surface area is 102 Å². The lowest BCUT2D eigenvalue weighted by Crippen LogP contribution is -2.18. The van der Waals surface area contributed by atoms with E-state index in [2.05, 4.69) is 37.0 Å². The Kier molecular flexibility index (Phi) is 3.25. The molecule has 2 nitrogen and oxygen atoms in total. The van der Waals surface area contributed by atoms with Gasteiger partial charge in [0.15, 0.2) is 0 Å². The third-order valence-electron chi connectivity index (χ3n) is 3.02. The van der Waals surface area contributed by atoms with Crippen molar-refractivity contribution in [3.05, 3.63) is 53.7 Å². The summed E-state index contributed by atoms with van der Waals surface area (Å²) in [5.74, 6) is 0. The van der Waals surface area contributed by atoms with Crippen LogP contribution in [0.4, 0.5) is 0 Å². The smallest absolute Gasteiger partial charge is 0.0708 e. The van der Waals surface area contributed by atoms with E-state index in [9.17, 15) is 0 Å². The van der Waals surface area contributed by atoms with Crippen LogP contribution in [0.1, 0.15) is 24.2 Å². The van der Waals surface area contributed by atoms with Crippen molar-refractivity contribution >= 4 is 10.9 Å². The molecule has 0 aliphatic carbocycles. The average Bonchev–Trinajstić information content (AvgIpc) is 2.29. The standard InChI is InChI=1S/C15H18N2/c1-10(2)15(16-4)14-9-11(3)12-7-5-6-8-13(12)17-14/h5-9,15-16H,1H2,2-4H3. The number of para-hydroxylation sites is 1. The van der Waals surface area contributed by atoms with Gasteiger partial charge in [0, 0.05) is 5.39 Å². The van der Waals surface area contributed by atoms with Gasteiger partial charge in [0.1, 0.15) is 0 Å². The first kappa shape index (κ1) is 11.8. The van der Waals surface area contributed by atoms with E-state index < -0.39 is 0 Å². The van der Waals surface area contributed by atoms with Crippen LogP contribution < -0.4 is 5.32 Å². The molecule has 0 aliphatic rings. The maximum atomic E-state index is 4.71. The summed E-state index contributed by atoms with van der Waals surface area (Å²) in [6.45, 7) is 8.15. The van der Waals surface area contributed by atoms with E-state index >= 15 is 0 Å². The summed E-state index contributed by atoms with van der Waals surface area (Å²) in [6.07, 6.45) is 0. The van der Waals surface area contributed by atoms with Gasteiger partial charge in [-0.1, -0.05) is 30.4 Å². The van der Waals surface area contributed by atoms with E-state index in [1.165, 1.54) is 10.9 Å². The first-order chi connectivity index (χ1) is 8.13. The highest BCUT2D eigenvalue weighted by Gasteiger charge is 2.12. The number of rotatable bonds is 3. The number of hydrogen-bond donors (Lipinski definition) is 1. The molecule has 1 N–H and O–H groups in total. The largest absolute Gasteiger partial charge is 0.308 e. The lowest BCUT2D eigenvalue weighted by Gasteiger charge is -2.17. The summed E-state index contributed by atoms with van der Waals surface area (Å²) >= 11 is 0. The minimum Gasteiger partial charge on any atom is -0.308 e. The highest BCUT2D eigenvalue weighted by Crippen LogP contribution is 2.23. The first-order valence-corrected chi connectivity index (χ1v) is 5.82. The van der Waals surface area contributed by atoms with E-state index in [0.717, 1.165) is 16.8 Å². The Balaban J connectivity index is 2.60. The fraction of sp³-hybridized carbons (Fsp3) is 0.267. The summed E-state index contributed by atoms with van der Waals surface area (Å²) in [4.78, 5) is 4.71. The molecule has 1 atom stereocenters. The third kappa shape index (κ3) is 2.22. The fourth-order valence-electron chi connectivity index (χ4n) is 2.17. The van der Waals surface area contributed by atoms with Gasteiger partial charge in [0.25, 0.3) is 0 Å². The number of pyridine rings is 1. The second-order valence-electron chi connectivity index (χ2n) is 4.45. The van der Waals surface area contributed by atoms with Crippen LogP contribution in [0.2, 0.25) is 0 Å². The van der Waals surface area contributed by atoms with Gasteiger partial charge in [0.05, 0.1) is 17.3 Å². The topological polar surface area (TPSA) is 24.9 Å². The fourth-order valence-corrected chi connectivity index (χ4v) is 2.17. The molecule has 0 spiro atoms. The molecule has 1 heterocycles. The van der Waals surface area contributed by atoms with Crippen molar-refractivity contribution in [3.8, 4) is 0 Å². The number of nitrogens with zero attached hydrogens (tertiary/aromatic N) is 1. The van der Waals surface area contributed by atoms with Crippen LogP contribution in [-0.4, -0.2) is 12.0 Å². The zero-order valence-electron chi connectivity index (χ0n) is 10.6. The SMILES string of the molecule is C=C(C)C(NC)c1cc(C)c2ccccc2n1. The third-order valence-corrected chi connectivity index (χ3v) is 3.02. The van der Waals surface area contributed by atoms with Crippen LogP contribution in [0.3, 0.4) is 0 Å². The van der Waals surface area contributed by atoms with Crippen LogP contribution in [0.25, 0.3) is 10.9 Å². The molecular formula is C15H18N2. The Morgan fingerprint density at radius 2 is 2.06 bits per heavy atom. The highest BCUT2D eigenvalue weighted by atomic mass is 14.9. The molecule has 17 heavy (non-hydrogen) atoms. The molecule has 0 aliphatic heterocycles. The summed E-state index contributed by atoms with van der Waals surface area (Å²) in [6, 6.07) is 10.5. The second-order valence-corrected chi connectivity index (χ2v) is 4.45. The van der Waals surface area contributed by atoms with Crippen LogP contribution >= 0.6 is 0 Å². The molecule has 0 bridgehead atoms. The Morgan fingerprint density at radius 3 is 2.71 bits per heavy atom. The van der Waals surface area contributed by atoms with Crippen molar-refractivity contribution in [3.63, 3.8) is 0 Å². The lowest BCUT2D eigenvalue weighted by molar-refractivity contribution is 0.662. The van der Waals surface area contributed by atoms with Crippen molar-refractivity contribution in [2.45, 2.75) is 19.9 Å². The molecule has 2 rings (SSSR count). The normalized spacial score (nSPS) is 12.6. The monoisotopic (exact) mass is 226 g/mol. The summed E-state index contributed by atoms with van der Waals surface area (Å²) in [7, 11) is 1.94. The van der Waals surface area contributed by atoms with Gasteiger partial charge in [-0.2, -0.15) is 0 Å². The Hall–Kier alpha value is -1.67. The Bertz CT molecular complexity index is 558. The molecule has 0 radical (unpaired) electrons. The van der Waals surface area contributed by atoms with Gasteiger partial charge >= 0.3 is 0 Å². The minimum atomic E-state index is 0.123. The van der Waals surface area contributed by atoms with Gasteiger partial charge in [-0.15, -0.1) is 0 Å². The number of nitrogens with one attached hydrogen (secondary N) is 1. The molecule has 1 unspecified atom stereocenters. The molecule has 0 saturated carbocycles. The van der Waals surface area contributed by atoms with E-state index in [-0.39, 0.29) is 6.04 Å². The van der Waals surface area contributed by atoms with Gasteiger partial charge in [-0.3, -0.25) is 4.98 Å². The van der Waals surface area contributed by atoms with Gasteiger partial charge in [-0.25, -0.2) is 0 Å². The van der Waals surface area contributed by atoms with Crippen molar-refractivity contribution in [2.24, 2.45) is 0 Å². The zero-order valence-corrected chi connectivity index (χ0v) is 10.6. The summed E-state index contributed by atoms with van der Waals surface area (Å²) in [5.41, 5.74) is 4.42. The molecule has 2 aromatic rings. The maximum Gasteiger partial charge on any atom is 0.0708 e. The average molecular weight is 226 g/mol. The number of hydrogen-bond acceptors (Lipinski definition) is 2. The van der Waals surface area contributed by atoms with E-state index in [1.54, 1.807) is 0 Å². The van der Waals surface area contributed by atoms with Crippen molar-refractivity contribution in [2.75, 3.05) is 7.05 Å². The van der Waals surface area contributed by atoms with Crippen LogP contribution in [0.15, 0.2) is 42.5 Å². The highest BCUT2D eigenvalue weighted by molar-refractivity contribution is 5.82. The number of aryl methyl sites for hydroxylation is 1. The maximum absolute atomic E-state index is 4.71. The van der Waals surface area contributed by atoms with Crippen molar-refractivity contribution in [1.29, 1.82) is 0 Å². The summed E-state index contributed by atoms with van der Waals surface area (Å²) < 4.78 is 0. The van der Waals surface area contributed by atoms with Gasteiger partial charge in [0.2, 0.25) is 0 Å². The molecule has 0 amide bonds. The van der Waals surface area contributed by atoms with Gasteiger partial charge < -0.3 is 5.32 Å². The predicted molar refractivity (Wildman–Crippen MR) is 73.1 cm³/mol. The van der Waals surface area contributed by atoms with E-state index in [0.29, 0.717) is 0 Å². The van der Waals surface area contributed by atoms with E-state index in [4.69, 9.17) is 4.98 Å². The first-order valence-electron chi connectivity index (χ1n) is 5.82. The molecule has 2 heteroatoms. The minimum absolute atomic E-state index is 0.123. The molecule has 88 valence electrons. The van der Waals surface area contributed by atoms with Gasteiger partial charge in [-0.05, 0) is 38.6 Å². The molecule has 0 fully saturated rings.